The van der Waals surface area contributed by atoms with Crippen molar-refractivity contribution in [3.8, 4) is 0 Å². The molecule has 0 aliphatic heterocycles. The Balaban J connectivity index is 3.00. The van der Waals surface area contributed by atoms with Gasteiger partial charge in [0.2, 0.25) is 0 Å². The van der Waals surface area contributed by atoms with Crippen LogP contribution in [0.15, 0.2) is 11.1 Å². The van der Waals surface area contributed by atoms with Crippen molar-refractivity contribution in [3.05, 3.63) is 11.1 Å². The zero-order valence-corrected chi connectivity index (χ0v) is 9.09. The SMILES string of the molecule is CC(=CCl)CNCCCCCCl. The lowest BCUT2D eigenvalue weighted by molar-refractivity contribution is 0.641. The monoisotopic (exact) mass is 209 g/mol. The molecule has 0 unspecified atom stereocenters. The summed E-state index contributed by atoms with van der Waals surface area (Å²) in [7, 11) is 0. The second kappa shape index (κ2) is 9.37. The third-order valence-electron chi connectivity index (χ3n) is 1.58. The first-order valence-electron chi connectivity index (χ1n) is 4.33. The number of nitrogens with one attached hydrogen (secondary N) is 1. The molecule has 72 valence electrons. The van der Waals surface area contributed by atoms with Gasteiger partial charge in [0.15, 0.2) is 0 Å². The number of unbranched alkanes of at least 4 members (excludes halogenated alkanes) is 2. The first-order chi connectivity index (χ1) is 5.81. The summed E-state index contributed by atoms with van der Waals surface area (Å²) in [5.41, 5.74) is 2.79. The Labute approximate surface area is 85.1 Å². The van der Waals surface area contributed by atoms with Gasteiger partial charge in [0, 0.05) is 18.0 Å². The lowest BCUT2D eigenvalue weighted by atomic mass is 10.2. The van der Waals surface area contributed by atoms with Crippen molar-refractivity contribution < 1.29 is 0 Å². The van der Waals surface area contributed by atoms with Gasteiger partial charge in [-0.25, -0.2) is 0 Å². The van der Waals surface area contributed by atoms with E-state index in [1.165, 1.54) is 18.4 Å². The summed E-state index contributed by atoms with van der Waals surface area (Å²) in [5, 5.41) is 3.30. The van der Waals surface area contributed by atoms with Crippen LogP contribution < -0.4 is 5.32 Å². The summed E-state index contributed by atoms with van der Waals surface area (Å²) in [5.74, 6) is 0.778. The number of hydrogen-bond donors (Lipinski definition) is 1. The van der Waals surface area contributed by atoms with E-state index in [-0.39, 0.29) is 0 Å². The van der Waals surface area contributed by atoms with E-state index in [0.29, 0.717) is 0 Å². The Bertz CT molecular complexity index is 124. The van der Waals surface area contributed by atoms with Crippen LogP contribution in [0.2, 0.25) is 0 Å². The van der Waals surface area contributed by atoms with E-state index in [4.69, 9.17) is 23.2 Å². The Morgan fingerprint density at radius 1 is 1.33 bits per heavy atom. The Morgan fingerprint density at radius 2 is 2.08 bits per heavy atom. The summed E-state index contributed by atoms with van der Waals surface area (Å²) in [4.78, 5) is 0. The number of alkyl halides is 1. The molecule has 12 heavy (non-hydrogen) atoms. The molecule has 1 N–H and O–H groups in total. The van der Waals surface area contributed by atoms with E-state index in [1.807, 2.05) is 6.92 Å². The van der Waals surface area contributed by atoms with Crippen LogP contribution in [-0.4, -0.2) is 19.0 Å². The van der Waals surface area contributed by atoms with Crippen LogP contribution in [0.25, 0.3) is 0 Å². The molecule has 0 heterocycles. The quantitative estimate of drug-likeness (QED) is 0.502. The topological polar surface area (TPSA) is 12.0 Å². The van der Waals surface area contributed by atoms with Gasteiger partial charge in [0.25, 0.3) is 0 Å². The van der Waals surface area contributed by atoms with Crippen LogP contribution in [0.4, 0.5) is 0 Å². The molecule has 0 atom stereocenters. The van der Waals surface area contributed by atoms with Crippen molar-refractivity contribution in [3.63, 3.8) is 0 Å². The average Bonchev–Trinajstić information content (AvgIpc) is 2.10. The van der Waals surface area contributed by atoms with Crippen LogP contribution in [0.5, 0.6) is 0 Å². The van der Waals surface area contributed by atoms with Gasteiger partial charge in [0.1, 0.15) is 0 Å². The van der Waals surface area contributed by atoms with Gasteiger partial charge in [-0.3, -0.25) is 0 Å². The molecule has 0 aromatic heterocycles. The summed E-state index contributed by atoms with van der Waals surface area (Å²) in [6, 6.07) is 0. The first kappa shape index (κ1) is 12.3. The van der Waals surface area contributed by atoms with Gasteiger partial charge in [-0.05, 0) is 31.9 Å². The van der Waals surface area contributed by atoms with Crippen LogP contribution in [0.3, 0.4) is 0 Å². The molecule has 0 rings (SSSR count). The van der Waals surface area contributed by atoms with E-state index in [0.717, 1.165) is 25.4 Å². The second-order valence-electron chi connectivity index (χ2n) is 2.88. The largest absolute Gasteiger partial charge is 0.313 e. The zero-order valence-electron chi connectivity index (χ0n) is 7.58. The molecule has 1 nitrogen and oxygen atoms in total. The van der Waals surface area contributed by atoms with Gasteiger partial charge in [0.05, 0.1) is 0 Å². The van der Waals surface area contributed by atoms with E-state index in [2.05, 4.69) is 5.32 Å². The van der Waals surface area contributed by atoms with Gasteiger partial charge < -0.3 is 5.32 Å². The average molecular weight is 210 g/mol. The normalized spacial score (nSPS) is 12.1. The zero-order chi connectivity index (χ0) is 9.23. The van der Waals surface area contributed by atoms with E-state index >= 15 is 0 Å². The number of halogens is 2. The van der Waals surface area contributed by atoms with E-state index in [1.54, 1.807) is 5.54 Å². The van der Waals surface area contributed by atoms with Crippen molar-refractivity contribution in [2.45, 2.75) is 26.2 Å². The van der Waals surface area contributed by atoms with Gasteiger partial charge in [-0.1, -0.05) is 18.0 Å². The minimum atomic E-state index is 0.778. The molecule has 3 heteroatoms. The van der Waals surface area contributed by atoms with Crippen molar-refractivity contribution >= 4 is 23.2 Å². The lowest BCUT2D eigenvalue weighted by Gasteiger charge is -2.03. The van der Waals surface area contributed by atoms with Gasteiger partial charge in [-0.15, -0.1) is 11.6 Å². The lowest BCUT2D eigenvalue weighted by Crippen LogP contribution is -2.17. The maximum atomic E-state index is 5.54. The molecular formula is C9H17Cl2N. The fourth-order valence-electron chi connectivity index (χ4n) is 0.845. The number of hydrogen-bond acceptors (Lipinski definition) is 1. The third kappa shape index (κ3) is 8.38. The third-order valence-corrected chi connectivity index (χ3v) is 2.22. The summed E-state index contributed by atoms with van der Waals surface area (Å²) >= 11 is 11.0. The summed E-state index contributed by atoms with van der Waals surface area (Å²) in [6.07, 6.45) is 3.52. The molecule has 0 amide bonds. The van der Waals surface area contributed by atoms with Crippen molar-refractivity contribution in [1.29, 1.82) is 0 Å². The Hall–Kier alpha value is 0.280. The smallest absolute Gasteiger partial charge is 0.0223 e. The van der Waals surface area contributed by atoms with E-state index < -0.39 is 0 Å². The summed E-state index contributed by atoms with van der Waals surface area (Å²) in [6.45, 7) is 3.96. The van der Waals surface area contributed by atoms with Crippen LogP contribution in [0.1, 0.15) is 26.2 Å². The molecule has 0 fully saturated rings. The molecule has 0 saturated heterocycles. The Kier molecular flexibility index (Phi) is 9.59. The predicted molar refractivity (Wildman–Crippen MR) is 57.1 cm³/mol. The highest BCUT2D eigenvalue weighted by Crippen LogP contribution is 1.96. The van der Waals surface area contributed by atoms with Gasteiger partial charge in [-0.2, -0.15) is 0 Å². The molecule has 0 aliphatic carbocycles. The minimum Gasteiger partial charge on any atom is -0.313 e. The van der Waals surface area contributed by atoms with Gasteiger partial charge >= 0.3 is 0 Å². The van der Waals surface area contributed by atoms with Crippen molar-refractivity contribution in [1.82, 2.24) is 5.32 Å². The first-order valence-corrected chi connectivity index (χ1v) is 5.31. The molecule has 0 bridgehead atoms. The predicted octanol–water partition coefficient (Wildman–Crippen LogP) is 3.13. The number of rotatable bonds is 7. The van der Waals surface area contributed by atoms with Crippen LogP contribution >= 0.6 is 23.2 Å². The standard InChI is InChI=1S/C9H17Cl2N/c1-9(7-11)8-12-6-4-2-3-5-10/h7,12H,2-6,8H2,1H3. The highest BCUT2D eigenvalue weighted by molar-refractivity contribution is 6.25. The highest BCUT2D eigenvalue weighted by Gasteiger charge is 1.89. The maximum Gasteiger partial charge on any atom is 0.0223 e. The fraction of sp³-hybridized carbons (Fsp3) is 0.778. The molecule has 0 aliphatic rings. The minimum absolute atomic E-state index is 0.778. The maximum absolute atomic E-state index is 5.54. The fourth-order valence-corrected chi connectivity index (χ4v) is 1.11. The second-order valence-corrected chi connectivity index (χ2v) is 3.48. The Morgan fingerprint density at radius 3 is 2.67 bits per heavy atom. The molecule has 0 spiro atoms. The highest BCUT2D eigenvalue weighted by atomic mass is 35.5. The van der Waals surface area contributed by atoms with Crippen LogP contribution in [-0.2, 0) is 0 Å². The molecule has 0 saturated carbocycles. The molecule has 0 aromatic carbocycles. The molecular weight excluding hydrogens is 193 g/mol. The molecule has 0 radical (unpaired) electrons. The van der Waals surface area contributed by atoms with Crippen molar-refractivity contribution in [2.24, 2.45) is 0 Å². The molecule has 0 aromatic rings. The van der Waals surface area contributed by atoms with Crippen molar-refractivity contribution in [2.75, 3.05) is 19.0 Å². The van der Waals surface area contributed by atoms with Crippen LogP contribution in [0, 0.1) is 0 Å². The van der Waals surface area contributed by atoms with E-state index in [9.17, 15) is 0 Å². The summed E-state index contributed by atoms with van der Waals surface area (Å²) < 4.78 is 0.